The number of oxime groups is 1. The molecule has 4 rings (SSSR count). The maximum absolute atomic E-state index is 8.66. The van der Waals surface area contributed by atoms with Crippen LogP contribution in [-0.2, 0) is 6.42 Å². The van der Waals surface area contributed by atoms with E-state index in [1.54, 1.807) is 0 Å². The fraction of sp³-hybridized carbons (Fsp3) is 0.143. The molecule has 4 aromatic rings. The molecule has 5 nitrogen and oxygen atoms in total. The van der Waals surface area contributed by atoms with Gasteiger partial charge < -0.3 is 14.0 Å². The molecule has 0 aliphatic rings. The summed E-state index contributed by atoms with van der Waals surface area (Å²) in [4.78, 5) is 4.65. The third-order valence-electron chi connectivity index (χ3n) is 4.30. The van der Waals surface area contributed by atoms with E-state index in [1.807, 2.05) is 56.3 Å². The van der Waals surface area contributed by atoms with Crippen molar-refractivity contribution < 1.29 is 14.0 Å². The summed E-state index contributed by atoms with van der Waals surface area (Å²) in [7, 11) is 0. The van der Waals surface area contributed by atoms with Gasteiger partial charge in [0.25, 0.3) is 0 Å². The fourth-order valence-electron chi connectivity index (χ4n) is 3.01. The Kier molecular flexibility index (Phi) is 4.05. The SMILES string of the molecule is Cc1cccc(-c2nc(Cc3cc4cc(/C=N/O)ccc4o3)c(C)o2)c1. The third-order valence-corrected chi connectivity index (χ3v) is 4.30. The van der Waals surface area contributed by atoms with Crippen molar-refractivity contribution in [3.05, 3.63) is 76.9 Å². The summed E-state index contributed by atoms with van der Waals surface area (Å²) in [5, 5.41) is 12.7. The van der Waals surface area contributed by atoms with Gasteiger partial charge in [0.2, 0.25) is 5.89 Å². The molecule has 2 aromatic heterocycles. The van der Waals surface area contributed by atoms with Gasteiger partial charge in [-0.2, -0.15) is 0 Å². The lowest BCUT2D eigenvalue weighted by Gasteiger charge is -1.96. The molecule has 5 heteroatoms. The van der Waals surface area contributed by atoms with E-state index in [-0.39, 0.29) is 0 Å². The Morgan fingerprint density at radius 1 is 1.08 bits per heavy atom. The molecule has 2 heterocycles. The minimum Gasteiger partial charge on any atom is -0.461 e. The summed E-state index contributed by atoms with van der Waals surface area (Å²) in [6.45, 7) is 3.96. The van der Waals surface area contributed by atoms with Gasteiger partial charge in [0.15, 0.2) is 0 Å². The molecule has 0 amide bonds. The lowest BCUT2D eigenvalue weighted by molar-refractivity contribution is 0.322. The second-order valence-electron chi connectivity index (χ2n) is 6.32. The Hall–Kier alpha value is -3.34. The molecule has 0 spiro atoms. The highest BCUT2D eigenvalue weighted by Gasteiger charge is 2.14. The lowest BCUT2D eigenvalue weighted by Crippen LogP contribution is -1.88. The van der Waals surface area contributed by atoms with Crippen LogP contribution in [0.25, 0.3) is 22.4 Å². The number of rotatable bonds is 4. The Morgan fingerprint density at radius 3 is 2.77 bits per heavy atom. The van der Waals surface area contributed by atoms with Crippen molar-refractivity contribution in [1.82, 2.24) is 4.98 Å². The Bertz CT molecular complexity index is 1110. The van der Waals surface area contributed by atoms with Crippen LogP contribution in [-0.4, -0.2) is 16.4 Å². The van der Waals surface area contributed by atoms with Crippen LogP contribution in [0, 0.1) is 13.8 Å². The zero-order valence-corrected chi connectivity index (χ0v) is 14.6. The summed E-state index contributed by atoms with van der Waals surface area (Å²) in [5.41, 5.74) is 4.59. The van der Waals surface area contributed by atoms with E-state index in [0.717, 1.165) is 39.3 Å². The number of aromatic nitrogens is 1. The molecule has 0 fully saturated rings. The predicted octanol–water partition coefficient (Wildman–Crippen LogP) is 5.10. The molecular formula is C21H18N2O3. The summed E-state index contributed by atoms with van der Waals surface area (Å²) in [6.07, 6.45) is 1.95. The highest BCUT2D eigenvalue weighted by molar-refractivity contribution is 5.88. The summed E-state index contributed by atoms with van der Waals surface area (Å²) < 4.78 is 11.8. The van der Waals surface area contributed by atoms with Crippen molar-refractivity contribution in [2.75, 3.05) is 0 Å². The smallest absolute Gasteiger partial charge is 0.226 e. The standard InChI is InChI=1S/C21H18N2O3/c1-13-4-3-5-16(8-13)21-23-19(14(2)25-21)11-18-10-17-9-15(12-22-24)6-7-20(17)26-18/h3-10,12,24H,11H2,1-2H3/b22-12+. The van der Waals surface area contributed by atoms with E-state index < -0.39 is 0 Å². The van der Waals surface area contributed by atoms with Crippen LogP contribution in [0.15, 0.2) is 62.5 Å². The van der Waals surface area contributed by atoms with E-state index in [1.165, 1.54) is 11.8 Å². The summed E-state index contributed by atoms with van der Waals surface area (Å²) >= 11 is 0. The molecule has 130 valence electrons. The van der Waals surface area contributed by atoms with E-state index >= 15 is 0 Å². The number of nitrogens with zero attached hydrogens (tertiary/aromatic N) is 2. The topological polar surface area (TPSA) is 71.8 Å². The van der Waals surface area contributed by atoms with Gasteiger partial charge in [-0.15, -0.1) is 0 Å². The van der Waals surface area contributed by atoms with E-state index in [9.17, 15) is 0 Å². The second kappa shape index (κ2) is 6.52. The van der Waals surface area contributed by atoms with E-state index in [4.69, 9.17) is 14.0 Å². The van der Waals surface area contributed by atoms with Crippen LogP contribution in [0.4, 0.5) is 0 Å². The first-order valence-corrected chi connectivity index (χ1v) is 8.35. The molecule has 0 atom stereocenters. The van der Waals surface area contributed by atoms with Gasteiger partial charge in [-0.25, -0.2) is 4.98 Å². The Balaban J connectivity index is 1.64. The molecule has 0 aliphatic carbocycles. The molecular weight excluding hydrogens is 328 g/mol. The average Bonchev–Trinajstić information content (AvgIpc) is 3.18. The number of furan rings is 1. The molecule has 0 radical (unpaired) electrons. The van der Waals surface area contributed by atoms with Crippen LogP contribution in [0.1, 0.15) is 28.3 Å². The third kappa shape index (κ3) is 3.11. The number of fused-ring (bicyclic) bond motifs is 1. The van der Waals surface area contributed by atoms with E-state index in [2.05, 4.69) is 16.2 Å². The number of hydrogen-bond acceptors (Lipinski definition) is 5. The number of aryl methyl sites for hydroxylation is 2. The van der Waals surface area contributed by atoms with Crippen LogP contribution in [0.3, 0.4) is 0 Å². The highest BCUT2D eigenvalue weighted by atomic mass is 16.4. The first-order valence-electron chi connectivity index (χ1n) is 8.35. The maximum atomic E-state index is 8.66. The van der Waals surface area contributed by atoms with Gasteiger partial charge in [-0.1, -0.05) is 22.9 Å². The highest BCUT2D eigenvalue weighted by Crippen LogP contribution is 2.26. The monoisotopic (exact) mass is 346 g/mol. The number of oxazole rings is 1. The zero-order valence-electron chi connectivity index (χ0n) is 14.6. The Labute approximate surface area is 150 Å². The average molecular weight is 346 g/mol. The van der Waals surface area contributed by atoms with Gasteiger partial charge in [-0.3, -0.25) is 0 Å². The molecule has 1 N–H and O–H groups in total. The minimum absolute atomic E-state index is 0.555. The quantitative estimate of drug-likeness (QED) is 0.317. The van der Waals surface area contributed by atoms with Gasteiger partial charge in [0.05, 0.1) is 18.3 Å². The first kappa shape index (κ1) is 16.1. The first-order chi connectivity index (χ1) is 12.6. The molecule has 0 bridgehead atoms. The van der Waals surface area contributed by atoms with Crippen LogP contribution >= 0.6 is 0 Å². The number of benzene rings is 2. The van der Waals surface area contributed by atoms with E-state index in [0.29, 0.717) is 12.3 Å². The molecule has 0 aliphatic heterocycles. The van der Waals surface area contributed by atoms with Crippen molar-refractivity contribution in [2.45, 2.75) is 20.3 Å². The Morgan fingerprint density at radius 2 is 1.96 bits per heavy atom. The number of hydrogen-bond donors (Lipinski definition) is 1. The van der Waals surface area contributed by atoms with Crippen molar-refractivity contribution in [3.8, 4) is 11.5 Å². The lowest BCUT2D eigenvalue weighted by atomic mass is 10.1. The zero-order chi connectivity index (χ0) is 18.1. The van der Waals surface area contributed by atoms with Gasteiger partial charge in [0, 0.05) is 10.9 Å². The largest absolute Gasteiger partial charge is 0.461 e. The summed E-state index contributed by atoms with van der Waals surface area (Å²) in [6, 6.07) is 15.7. The second-order valence-corrected chi connectivity index (χ2v) is 6.32. The molecule has 0 unspecified atom stereocenters. The predicted molar refractivity (Wildman–Crippen MR) is 99.8 cm³/mol. The molecule has 26 heavy (non-hydrogen) atoms. The van der Waals surface area contributed by atoms with Crippen LogP contribution in [0.2, 0.25) is 0 Å². The molecule has 0 saturated carbocycles. The van der Waals surface area contributed by atoms with Gasteiger partial charge in [-0.05, 0) is 55.8 Å². The van der Waals surface area contributed by atoms with Crippen LogP contribution < -0.4 is 0 Å². The van der Waals surface area contributed by atoms with Gasteiger partial charge in [0.1, 0.15) is 17.1 Å². The van der Waals surface area contributed by atoms with Crippen molar-refractivity contribution in [1.29, 1.82) is 0 Å². The van der Waals surface area contributed by atoms with Gasteiger partial charge >= 0.3 is 0 Å². The maximum Gasteiger partial charge on any atom is 0.226 e. The summed E-state index contributed by atoms with van der Waals surface area (Å²) in [5.74, 6) is 2.22. The normalized spacial score (nSPS) is 11.6. The molecule has 2 aromatic carbocycles. The van der Waals surface area contributed by atoms with Crippen molar-refractivity contribution in [3.63, 3.8) is 0 Å². The minimum atomic E-state index is 0.555. The van der Waals surface area contributed by atoms with Crippen molar-refractivity contribution >= 4 is 17.2 Å². The fourth-order valence-corrected chi connectivity index (χ4v) is 3.01. The van der Waals surface area contributed by atoms with Crippen LogP contribution in [0.5, 0.6) is 0 Å². The van der Waals surface area contributed by atoms with Crippen molar-refractivity contribution in [2.24, 2.45) is 5.16 Å². The molecule has 0 saturated heterocycles.